The molecule has 0 unspecified atom stereocenters. The molecule has 0 fully saturated rings. The Labute approximate surface area is 458 Å². The number of nitrogens with one attached hydrogen (secondary N) is 4. The Balaban J connectivity index is 1.09. The SMILES string of the molecule is CC1=CCC[C@H](C)OC(=O)C[C@H](c2ccc(O)cc2)NC(=O)[C@@H](Cc2cc3ccccc3[nH]2)N(C)C(=O)[C@H](CCCCNC(=O)CCC=C2c3cc(F)c(N(C)C)cc3[Si](C)(C)c3cc(N(C)C)c(F)cc32)NC(=O)[C@@H](C)C1. The fraction of sp³-hybridized carbons (Fsp3) is 0.426. The van der Waals surface area contributed by atoms with Crippen LogP contribution < -0.4 is 36.1 Å². The topological polar surface area (TPSA) is 176 Å². The van der Waals surface area contributed by atoms with Crippen molar-refractivity contribution in [2.75, 3.05) is 51.6 Å². The van der Waals surface area contributed by atoms with Crippen molar-refractivity contribution in [3.63, 3.8) is 0 Å². The first-order valence-corrected chi connectivity index (χ1v) is 30.1. The Morgan fingerprint density at radius 1 is 0.859 bits per heavy atom. The maximum absolute atomic E-state index is 15.7. The lowest BCUT2D eigenvalue weighted by Crippen LogP contribution is -2.58. The second kappa shape index (κ2) is 25.5. The van der Waals surface area contributed by atoms with E-state index in [0.29, 0.717) is 77.9 Å². The summed E-state index contributed by atoms with van der Waals surface area (Å²) in [6.07, 6.45) is 6.46. The average molecular weight is 1090 g/mol. The number of hydrogen-bond donors (Lipinski definition) is 5. The molecule has 0 saturated carbocycles. The predicted octanol–water partition coefficient (Wildman–Crippen LogP) is 8.42. The van der Waals surface area contributed by atoms with Crippen LogP contribution in [0.15, 0.2) is 96.6 Å². The molecule has 14 nitrogen and oxygen atoms in total. The number of carbonyl (C=O) groups excluding carboxylic acids is 5. The lowest BCUT2D eigenvalue weighted by molar-refractivity contribution is -0.149. The van der Waals surface area contributed by atoms with Crippen LogP contribution in [0.4, 0.5) is 20.2 Å². The number of esters is 1. The summed E-state index contributed by atoms with van der Waals surface area (Å²) < 4.78 is 37.2. The molecule has 78 heavy (non-hydrogen) atoms. The number of benzene rings is 4. The van der Waals surface area contributed by atoms with E-state index in [1.807, 2.05) is 68.5 Å². The predicted molar refractivity (Wildman–Crippen MR) is 308 cm³/mol. The molecule has 4 aromatic carbocycles. The fourth-order valence-electron chi connectivity index (χ4n) is 10.7. The van der Waals surface area contributed by atoms with Crippen molar-refractivity contribution in [1.29, 1.82) is 0 Å². The second-order valence-electron chi connectivity index (χ2n) is 22.1. The minimum Gasteiger partial charge on any atom is -0.508 e. The normalized spacial score (nSPS) is 20.5. The Hall–Kier alpha value is -7.27. The van der Waals surface area contributed by atoms with Crippen LogP contribution in [0.25, 0.3) is 16.5 Å². The summed E-state index contributed by atoms with van der Waals surface area (Å²) in [5.41, 5.74) is 6.12. The zero-order valence-corrected chi connectivity index (χ0v) is 47.8. The molecule has 2 aliphatic heterocycles. The van der Waals surface area contributed by atoms with Crippen molar-refractivity contribution in [2.24, 2.45) is 5.92 Å². The minimum absolute atomic E-state index is 0.0108. The van der Waals surface area contributed by atoms with Gasteiger partial charge in [-0.05, 0) is 145 Å². The van der Waals surface area contributed by atoms with Crippen LogP contribution in [0.3, 0.4) is 0 Å². The van der Waals surface area contributed by atoms with Gasteiger partial charge in [0.25, 0.3) is 0 Å². The molecular formula is C61H77F2N7O7Si. The number of aromatic amines is 1. The molecule has 0 aliphatic carbocycles. The number of unbranched alkanes of at least 4 members (excludes halogenated alkanes) is 1. The monoisotopic (exact) mass is 1090 g/mol. The summed E-state index contributed by atoms with van der Waals surface area (Å²) in [5.74, 6) is -3.35. The molecule has 2 aliphatic rings. The number of para-hydroxylation sites is 1. The van der Waals surface area contributed by atoms with E-state index in [1.54, 1.807) is 69.2 Å². The Morgan fingerprint density at radius 3 is 2.13 bits per heavy atom. The lowest BCUT2D eigenvalue weighted by atomic mass is 9.94. The van der Waals surface area contributed by atoms with Gasteiger partial charge in [-0.3, -0.25) is 24.0 Å². The molecule has 1 aromatic heterocycles. The number of H-pyrrole nitrogens is 1. The van der Waals surface area contributed by atoms with Gasteiger partial charge in [-0.2, -0.15) is 0 Å². The largest absolute Gasteiger partial charge is 0.508 e. The number of cyclic esters (lactones) is 1. The number of carbonyl (C=O) groups is 5. The molecule has 7 rings (SSSR count). The highest BCUT2D eigenvalue weighted by Crippen LogP contribution is 2.36. The van der Waals surface area contributed by atoms with Gasteiger partial charge in [0.1, 0.15) is 37.5 Å². The zero-order valence-electron chi connectivity index (χ0n) is 46.8. The number of amides is 4. The molecule has 5 atom stereocenters. The summed E-state index contributed by atoms with van der Waals surface area (Å²) in [7, 11) is 6.29. The van der Waals surface area contributed by atoms with Crippen LogP contribution in [-0.2, 0) is 35.1 Å². The van der Waals surface area contributed by atoms with Crippen LogP contribution in [-0.4, -0.2) is 113 Å². The van der Waals surface area contributed by atoms with Crippen LogP contribution in [0, 0.1) is 17.6 Å². The quantitative estimate of drug-likeness (QED) is 0.0336. The number of rotatable bonds is 13. The molecule has 5 aromatic rings. The van der Waals surface area contributed by atoms with Gasteiger partial charge in [0.05, 0.1) is 29.9 Å². The van der Waals surface area contributed by atoms with E-state index in [4.69, 9.17) is 4.74 Å². The van der Waals surface area contributed by atoms with Crippen LogP contribution in [0.2, 0.25) is 13.1 Å². The lowest BCUT2D eigenvalue weighted by Gasteiger charge is -2.37. The minimum atomic E-state index is -2.46. The van der Waals surface area contributed by atoms with Gasteiger partial charge in [0, 0.05) is 71.8 Å². The number of hydrogen-bond acceptors (Lipinski definition) is 9. The number of nitrogens with zero attached hydrogens (tertiary/aromatic N) is 3. The van der Waals surface area contributed by atoms with Crippen molar-refractivity contribution < 1.29 is 42.6 Å². The standard InChI is InChI=1S/C61H77F2N7O7Si/c1-37-17-15-18-39(3)77-58(73)34-51(40-24-26-43(71)27-25-40)67-60(75)54(31-42-30-41-19-11-12-21-49(41)65-42)70(8)61(76)50(66-59(74)38(2)29-37)22-13-14-28-64-57(72)23-16-20-44-45-32-47(62)52(68(4)5)35-55(45)78(9,10)56-36-53(69(6)7)48(63)33-46(44)56/h11-12,17,19-21,24-27,30,32-33,35-36,38-39,50-51,54,65,71H,13-16,18,22-23,28-29,31,34H2,1-10H3,(H,64,72)(H,66,74)(H,67,75)/t38-,39-,50-,51+,54+/m0/s1. The summed E-state index contributed by atoms with van der Waals surface area (Å²) in [6, 6.07) is 19.7. The van der Waals surface area contributed by atoms with E-state index in [1.165, 1.54) is 24.1 Å². The van der Waals surface area contributed by atoms with Gasteiger partial charge in [-0.25, -0.2) is 8.78 Å². The molecule has 5 N–H and O–H groups in total. The summed E-state index contributed by atoms with van der Waals surface area (Å²) in [6.45, 7) is 10.2. The number of aromatic hydroxyl groups is 1. The first-order valence-electron chi connectivity index (χ1n) is 27.1. The van der Waals surface area contributed by atoms with E-state index >= 15 is 8.78 Å². The van der Waals surface area contributed by atoms with E-state index in [9.17, 15) is 29.1 Å². The molecule has 0 spiro atoms. The van der Waals surface area contributed by atoms with Crippen molar-refractivity contribution in [1.82, 2.24) is 25.8 Å². The Morgan fingerprint density at radius 2 is 1.50 bits per heavy atom. The third-order valence-corrected chi connectivity index (χ3v) is 18.7. The summed E-state index contributed by atoms with van der Waals surface area (Å²) >= 11 is 0. The van der Waals surface area contributed by atoms with Gasteiger partial charge in [-0.1, -0.05) is 68.1 Å². The molecule has 416 valence electrons. The Bertz CT molecular complexity index is 2980. The van der Waals surface area contributed by atoms with Crippen molar-refractivity contribution in [3.05, 3.63) is 131 Å². The highest BCUT2D eigenvalue weighted by atomic mass is 28.3. The van der Waals surface area contributed by atoms with E-state index in [2.05, 4.69) is 34.0 Å². The second-order valence-corrected chi connectivity index (χ2v) is 26.4. The number of allylic oxidation sites excluding steroid dienone is 3. The first-order chi connectivity index (χ1) is 37.0. The fourth-order valence-corrected chi connectivity index (χ4v) is 13.8. The molecule has 3 heterocycles. The third kappa shape index (κ3) is 14.1. The van der Waals surface area contributed by atoms with E-state index in [-0.39, 0.29) is 61.4 Å². The number of anilines is 2. The number of aromatic nitrogens is 1. The molecule has 0 bridgehead atoms. The molecule has 0 radical (unpaired) electrons. The van der Waals surface area contributed by atoms with E-state index in [0.717, 1.165) is 26.8 Å². The van der Waals surface area contributed by atoms with Crippen LogP contribution in [0.5, 0.6) is 5.75 Å². The molecule has 4 amide bonds. The van der Waals surface area contributed by atoms with Gasteiger partial charge >= 0.3 is 5.97 Å². The summed E-state index contributed by atoms with van der Waals surface area (Å²) in [5, 5.41) is 22.2. The van der Waals surface area contributed by atoms with Crippen LogP contribution in [0.1, 0.15) is 107 Å². The number of fused-ring (bicyclic) bond motifs is 3. The molecular weight excluding hydrogens is 1010 g/mol. The van der Waals surface area contributed by atoms with Gasteiger partial charge in [0.15, 0.2) is 0 Å². The number of phenols is 1. The number of likely N-dealkylation sites (N-methyl/N-ethyl adjacent to an activating group) is 1. The number of halogens is 2. The van der Waals surface area contributed by atoms with Crippen molar-refractivity contribution in [3.8, 4) is 5.75 Å². The van der Waals surface area contributed by atoms with E-state index < -0.39 is 56.0 Å². The highest BCUT2D eigenvalue weighted by molar-refractivity contribution is 7.02. The van der Waals surface area contributed by atoms with Crippen molar-refractivity contribution >= 4 is 75.9 Å². The highest BCUT2D eigenvalue weighted by Gasteiger charge is 2.39. The average Bonchev–Trinajstić information content (AvgIpc) is 3.81. The maximum atomic E-state index is 15.7. The van der Waals surface area contributed by atoms with Crippen LogP contribution >= 0.6 is 0 Å². The summed E-state index contributed by atoms with van der Waals surface area (Å²) in [4.78, 5) is 78.9. The number of ether oxygens (including phenoxy) is 1. The first kappa shape index (κ1) is 58.4. The van der Waals surface area contributed by atoms with Crippen molar-refractivity contribution in [2.45, 2.75) is 122 Å². The maximum Gasteiger partial charge on any atom is 0.308 e. The molecule has 17 heteroatoms. The number of phenolic OH excluding ortho intramolecular Hbond substituents is 1. The van der Waals surface area contributed by atoms with Gasteiger partial charge in [0.2, 0.25) is 23.6 Å². The Kier molecular flexibility index (Phi) is 19.1. The van der Waals surface area contributed by atoms with Gasteiger partial charge in [-0.15, -0.1) is 0 Å². The smallest absolute Gasteiger partial charge is 0.308 e. The zero-order chi connectivity index (χ0) is 56.6. The molecule has 0 saturated heterocycles. The third-order valence-electron chi connectivity index (χ3n) is 15.2. The van der Waals surface area contributed by atoms with Gasteiger partial charge < -0.3 is 45.5 Å².